The summed E-state index contributed by atoms with van der Waals surface area (Å²) < 4.78 is 6.40. The Kier molecular flexibility index (Phi) is 4.22. The van der Waals surface area contributed by atoms with Crippen LogP contribution in [0, 0.1) is 13.8 Å². The number of aromatic nitrogens is 5. The first-order chi connectivity index (χ1) is 11.1. The topological polar surface area (TPSA) is 86.0 Å². The van der Waals surface area contributed by atoms with Crippen LogP contribution in [0.5, 0.6) is 0 Å². The number of methoxy groups -OCH3 is 1. The van der Waals surface area contributed by atoms with Gasteiger partial charge in [0.2, 0.25) is 5.95 Å². The zero-order valence-electron chi connectivity index (χ0n) is 13.6. The second-order valence-corrected chi connectivity index (χ2v) is 5.76. The third-order valence-corrected chi connectivity index (χ3v) is 4.17. The van der Waals surface area contributed by atoms with E-state index in [1.807, 2.05) is 20.0 Å². The first kappa shape index (κ1) is 15.4. The molecule has 0 aliphatic carbocycles. The zero-order valence-corrected chi connectivity index (χ0v) is 13.6. The first-order valence-electron chi connectivity index (χ1n) is 7.64. The van der Waals surface area contributed by atoms with Gasteiger partial charge in [0.05, 0.1) is 19.3 Å². The summed E-state index contributed by atoms with van der Waals surface area (Å²) in [6.07, 6.45) is 5.48. The van der Waals surface area contributed by atoms with Gasteiger partial charge < -0.3 is 9.64 Å². The van der Waals surface area contributed by atoms with E-state index in [9.17, 15) is 4.79 Å². The molecule has 0 N–H and O–H groups in total. The number of piperidine rings is 1. The largest absolute Gasteiger partial charge is 0.464 e. The van der Waals surface area contributed by atoms with Crippen molar-refractivity contribution in [3.05, 3.63) is 29.3 Å². The Hall–Kier alpha value is -2.51. The highest BCUT2D eigenvalue weighted by Gasteiger charge is 2.25. The van der Waals surface area contributed by atoms with Crippen LogP contribution in [0.3, 0.4) is 0 Å². The number of aryl methyl sites for hydroxylation is 2. The summed E-state index contributed by atoms with van der Waals surface area (Å²) in [5.41, 5.74) is 2.30. The van der Waals surface area contributed by atoms with Gasteiger partial charge in [0.25, 0.3) is 0 Å². The van der Waals surface area contributed by atoms with Crippen LogP contribution in [0.15, 0.2) is 12.4 Å². The molecule has 0 saturated carbocycles. The van der Waals surface area contributed by atoms with Gasteiger partial charge >= 0.3 is 5.97 Å². The Morgan fingerprint density at radius 3 is 2.96 bits per heavy atom. The molecule has 0 bridgehead atoms. The van der Waals surface area contributed by atoms with E-state index >= 15 is 0 Å². The molecule has 0 unspecified atom stereocenters. The molecule has 0 aromatic carbocycles. The van der Waals surface area contributed by atoms with Gasteiger partial charge in [-0.1, -0.05) is 5.21 Å². The SMILES string of the molecule is COC(=O)c1cn([C@@H]2CCCN(c3ncc(C)c(C)n3)C2)nn1. The average Bonchev–Trinajstić information content (AvgIpc) is 3.07. The van der Waals surface area contributed by atoms with Crippen LogP contribution < -0.4 is 4.90 Å². The number of hydrogen-bond donors (Lipinski definition) is 0. The lowest BCUT2D eigenvalue weighted by Gasteiger charge is -2.32. The molecule has 1 saturated heterocycles. The molecule has 122 valence electrons. The Labute approximate surface area is 134 Å². The van der Waals surface area contributed by atoms with Gasteiger partial charge in [0.15, 0.2) is 5.69 Å². The lowest BCUT2D eigenvalue weighted by atomic mass is 10.1. The second kappa shape index (κ2) is 6.31. The minimum atomic E-state index is -0.471. The highest BCUT2D eigenvalue weighted by molar-refractivity contribution is 5.86. The molecule has 23 heavy (non-hydrogen) atoms. The fourth-order valence-electron chi connectivity index (χ4n) is 2.67. The van der Waals surface area contributed by atoms with E-state index in [0.29, 0.717) is 0 Å². The van der Waals surface area contributed by atoms with Crippen molar-refractivity contribution in [1.82, 2.24) is 25.0 Å². The number of ether oxygens (including phenoxy) is 1. The Morgan fingerprint density at radius 1 is 1.39 bits per heavy atom. The first-order valence-corrected chi connectivity index (χ1v) is 7.64. The molecule has 1 fully saturated rings. The van der Waals surface area contributed by atoms with Crippen molar-refractivity contribution in [3.8, 4) is 0 Å². The minimum Gasteiger partial charge on any atom is -0.464 e. The molecule has 0 amide bonds. The highest BCUT2D eigenvalue weighted by atomic mass is 16.5. The highest BCUT2D eigenvalue weighted by Crippen LogP contribution is 2.24. The van der Waals surface area contributed by atoms with Gasteiger partial charge in [-0.15, -0.1) is 5.10 Å². The summed E-state index contributed by atoms with van der Waals surface area (Å²) in [6.45, 7) is 5.65. The fourth-order valence-corrected chi connectivity index (χ4v) is 2.67. The summed E-state index contributed by atoms with van der Waals surface area (Å²) in [7, 11) is 1.33. The molecule has 8 heteroatoms. The average molecular weight is 316 g/mol. The van der Waals surface area contributed by atoms with Crippen molar-refractivity contribution in [2.45, 2.75) is 32.7 Å². The fraction of sp³-hybridized carbons (Fsp3) is 0.533. The Balaban J connectivity index is 1.76. The van der Waals surface area contributed by atoms with Gasteiger partial charge in [-0.05, 0) is 32.3 Å². The molecule has 0 radical (unpaired) electrons. The van der Waals surface area contributed by atoms with Crippen LogP contribution in [0.25, 0.3) is 0 Å². The molecule has 8 nitrogen and oxygen atoms in total. The molecule has 1 aliphatic heterocycles. The number of hydrogen-bond acceptors (Lipinski definition) is 7. The van der Waals surface area contributed by atoms with Crippen LogP contribution in [-0.4, -0.2) is 51.1 Å². The maximum absolute atomic E-state index is 11.5. The maximum atomic E-state index is 11.5. The Morgan fingerprint density at radius 2 is 2.22 bits per heavy atom. The van der Waals surface area contributed by atoms with Gasteiger partial charge in [0.1, 0.15) is 0 Å². The predicted octanol–water partition coefficient (Wildman–Crippen LogP) is 1.31. The molecule has 0 spiro atoms. The normalized spacial score (nSPS) is 18.0. The number of carbonyl (C=O) groups excluding carboxylic acids is 1. The summed E-state index contributed by atoms with van der Waals surface area (Å²) in [5, 5.41) is 7.94. The van der Waals surface area contributed by atoms with Crippen LogP contribution in [-0.2, 0) is 4.74 Å². The number of esters is 1. The lowest BCUT2D eigenvalue weighted by molar-refractivity contribution is 0.0594. The number of anilines is 1. The Bertz CT molecular complexity index is 714. The predicted molar refractivity (Wildman–Crippen MR) is 83.4 cm³/mol. The third-order valence-electron chi connectivity index (χ3n) is 4.17. The van der Waals surface area contributed by atoms with E-state index < -0.39 is 5.97 Å². The van der Waals surface area contributed by atoms with Gasteiger partial charge in [-0.25, -0.2) is 19.4 Å². The summed E-state index contributed by atoms with van der Waals surface area (Å²) >= 11 is 0. The van der Waals surface area contributed by atoms with E-state index in [1.165, 1.54) is 7.11 Å². The van der Waals surface area contributed by atoms with Crippen LogP contribution in [0.1, 0.15) is 40.6 Å². The number of carbonyl (C=O) groups is 1. The number of nitrogens with zero attached hydrogens (tertiary/aromatic N) is 6. The third kappa shape index (κ3) is 3.15. The van der Waals surface area contributed by atoms with E-state index in [0.717, 1.165) is 43.1 Å². The summed E-state index contributed by atoms with van der Waals surface area (Å²) in [5.74, 6) is 0.271. The van der Waals surface area contributed by atoms with E-state index in [2.05, 4.69) is 29.9 Å². The van der Waals surface area contributed by atoms with Crippen LogP contribution in [0.2, 0.25) is 0 Å². The van der Waals surface area contributed by atoms with Crippen molar-refractivity contribution < 1.29 is 9.53 Å². The molecule has 3 rings (SSSR count). The van der Waals surface area contributed by atoms with Gasteiger partial charge in [-0.2, -0.15) is 0 Å². The van der Waals surface area contributed by atoms with Crippen LogP contribution in [0.4, 0.5) is 5.95 Å². The zero-order chi connectivity index (χ0) is 16.4. The van der Waals surface area contributed by atoms with Gasteiger partial charge in [-0.3, -0.25) is 0 Å². The number of rotatable bonds is 3. The van der Waals surface area contributed by atoms with Crippen molar-refractivity contribution in [3.63, 3.8) is 0 Å². The van der Waals surface area contributed by atoms with Crippen LogP contribution >= 0.6 is 0 Å². The quantitative estimate of drug-likeness (QED) is 0.789. The van der Waals surface area contributed by atoms with E-state index in [4.69, 9.17) is 0 Å². The maximum Gasteiger partial charge on any atom is 0.360 e. The molecule has 2 aromatic rings. The lowest BCUT2D eigenvalue weighted by Crippen LogP contribution is -2.38. The molecule has 3 heterocycles. The van der Waals surface area contributed by atoms with Crippen molar-refractivity contribution in [1.29, 1.82) is 0 Å². The smallest absolute Gasteiger partial charge is 0.360 e. The van der Waals surface area contributed by atoms with Crippen molar-refractivity contribution in [2.24, 2.45) is 0 Å². The van der Waals surface area contributed by atoms with E-state index in [-0.39, 0.29) is 11.7 Å². The van der Waals surface area contributed by atoms with Crippen molar-refractivity contribution >= 4 is 11.9 Å². The standard InChI is InChI=1S/C15H20N6O2/c1-10-7-16-15(17-11(10)2)20-6-4-5-12(8-20)21-9-13(18-19-21)14(22)23-3/h7,9,12H,4-6,8H2,1-3H3/t12-/m1/s1. The molecule has 1 aliphatic rings. The minimum absolute atomic E-state index is 0.139. The molecule has 2 aromatic heterocycles. The van der Waals surface area contributed by atoms with Crippen molar-refractivity contribution in [2.75, 3.05) is 25.1 Å². The van der Waals surface area contributed by atoms with E-state index in [1.54, 1.807) is 10.9 Å². The molecule has 1 atom stereocenters. The van der Waals surface area contributed by atoms with Gasteiger partial charge in [0, 0.05) is 25.0 Å². The summed E-state index contributed by atoms with van der Waals surface area (Å²) in [6, 6.07) is 0.139. The summed E-state index contributed by atoms with van der Waals surface area (Å²) in [4.78, 5) is 22.6. The second-order valence-electron chi connectivity index (χ2n) is 5.76. The monoisotopic (exact) mass is 316 g/mol. The molecular formula is C15H20N6O2. The molecular weight excluding hydrogens is 296 g/mol.